The molecular formula is C20H20FNO5S. The van der Waals surface area contributed by atoms with Crippen LogP contribution in [0, 0.1) is 19.7 Å². The van der Waals surface area contributed by atoms with Gasteiger partial charge in [0.1, 0.15) is 10.8 Å². The van der Waals surface area contributed by atoms with Gasteiger partial charge < -0.3 is 14.8 Å². The third-order valence-corrected chi connectivity index (χ3v) is 4.87. The molecule has 0 saturated heterocycles. The molecule has 1 amide bonds. The maximum absolute atomic E-state index is 12.8. The van der Waals surface area contributed by atoms with Crippen LogP contribution < -0.4 is 5.32 Å². The van der Waals surface area contributed by atoms with Crippen LogP contribution in [0.4, 0.5) is 9.39 Å². The summed E-state index contributed by atoms with van der Waals surface area (Å²) < 4.78 is 22.7. The van der Waals surface area contributed by atoms with Crippen LogP contribution >= 0.6 is 11.3 Å². The molecule has 0 aliphatic heterocycles. The van der Waals surface area contributed by atoms with Gasteiger partial charge in [-0.15, -0.1) is 11.3 Å². The number of carbonyl (C=O) groups excluding carboxylic acids is 3. The van der Waals surface area contributed by atoms with Gasteiger partial charge in [0.25, 0.3) is 5.91 Å². The third kappa shape index (κ3) is 5.75. The summed E-state index contributed by atoms with van der Waals surface area (Å²) in [6.07, 6.45) is 2.59. The lowest BCUT2D eigenvalue weighted by Crippen LogP contribution is -2.21. The number of rotatable bonds is 7. The Morgan fingerprint density at radius 2 is 1.82 bits per heavy atom. The van der Waals surface area contributed by atoms with Gasteiger partial charge >= 0.3 is 11.9 Å². The van der Waals surface area contributed by atoms with Gasteiger partial charge in [-0.3, -0.25) is 4.79 Å². The molecule has 0 atom stereocenters. The number of nitrogens with one attached hydrogen (secondary N) is 1. The molecule has 2 aromatic rings. The zero-order valence-corrected chi connectivity index (χ0v) is 16.5. The Bertz CT molecular complexity index is 902. The quantitative estimate of drug-likeness (QED) is 0.559. The second-order valence-electron chi connectivity index (χ2n) is 5.75. The predicted octanol–water partition coefficient (Wildman–Crippen LogP) is 3.88. The Hall–Kier alpha value is -3.00. The first kappa shape index (κ1) is 21.3. The molecule has 1 heterocycles. The number of hydrogen-bond acceptors (Lipinski definition) is 6. The maximum Gasteiger partial charge on any atom is 0.341 e. The van der Waals surface area contributed by atoms with Crippen molar-refractivity contribution in [3.8, 4) is 0 Å². The van der Waals surface area contributed by atoms with Gasteiger partial charge in [0, 0.05) is 11.0 Å². The highest BCUT2D eigenvalue weighted by molar-refractivity contribution is 7.16. The summed E-state index contributed by atoms with van der Waals surface area (Å²) in [5, 5.41) is 2.94. The lowest BCUT2D eigenvalue weighted by atomic mass is 10.1. The third-order valence-electron chi connectivity index (χ3n) is 3.75. The van der Waals surface area contributed by atoms with Gasteiger partial charge in [-0.05, 0) is 50.1 Å². The molecule has 0 spiro atoms. The van der Waals surface area contributed by atoms with Crippen molar-refractivity contribution in [1.82, 2.24) is 0 Å². The number of amides is 1. The van der Waals surface area contributed by atoms with E-state index in [0.29, 0.717) is 16.1 Å². The summed E-state index contributed by atoms with van der Waals surface area (Å²) in [5.41, 5.74) is 1.66. The lowest BCUT2D eigenvalue weighted by molar-refractivity contribution is -0.142. The summed E-state index contributed by atoms with van der Waals surface area (Å²) in [5.74, 6) is -2.18. The maximum atomic E-state index is 12.8. The molecule has 0 radical (unpaired) electrons. The lowest BCUT2D eigenvalue weighted by Gasteiger charge is -2.07. The highest BCUT2D eigenvalue weighted by atomic mass is 32.1. The van der Waals surface area contributed by atoms with E-state index in [2.05, 4.69) is 5.32 Å². The summed E-state index contributed by atoms with van der Waals surface area (Å²) in [4.78, 5) is 36.8. The van der Waals surface area contributed by atoms with Crippen molar-refractivity contribution in [2.75, 3.05) is 18.5 Å². The molecule has 148 valence electrons. The van der Waals surface area contributed by atoms with E-state index in [1.165, 1.54) is 41.7 Å². The number of carbonyl (C=O) groups is 3. The number of aryl methyl sites for hydroxylation is 1. The SMILES string of the molecule is CCOC(=O)c1c(NC(=O)COC(=O)/C=C/c2ccc(F)cc2)sc(C)c1C. The van der Waals surface area contributed by atoms with Crippen molar-refractivity contribution in [2.24, 2.45) is 0 Å². The van der Waals surface area contributed by atoms with Crippen LogP contribution in [-0.4, -0.2) is 31.1 Å². The fourth-order valence-corrected chi connectivity index (χ4v) is 3.31. The Morgan fingerprint density at radius 1 is 1.14 bits per heavy atom. The second-order valence-corrected chi connectivity index (χ2v) is 6.97. The van der Waals surface area contributed by atoms with Gasteiger partial charge in [0.15, 0.2) is 6.61 Å². The Balaban J connectivity index is 1.93. The van der Waals surface area contributed by atoms with Crippen molar-refractivity contribution in [1.29, 1.82) is 0 Å². The summed E-state index contributed by atoms with van der Waals surface area (Å²) >= 11 is 1.25. The minimum absolute atomic E-state index is 0.221. The van der Waals surface area contributed by atoms with Crippen molar-refractivity contribution in [2.45, 2.75) is 20.8 Å². The Labute approximate surface area is 166 Å². The molecule has 6 nitrogen and oxygen atoms in total. The van der Waals surface area contributed by atoms with Crippen LogP contribution in [0.25, 0.3) is 6.08 Å². The summed E-state index contributed by atoms with van der Waals surface area (Å²) in [6, 6.07) is 5.55. The summed E-state index contributed by atoms with van der Waals surface area (Å²) in [6.45, 7) is 5.01. The standard InChI is InChI=1S/C20H20FNO5S/c1-4-26-20(25)18-12(2)13(3)28-19(18)22-16(23)11-27-17(24)10-7-14-5-8-15(21)9-6-14/h5-10H,4,11H2,1-3H3,(H,22,23)/b10-7+. The molecule has 2 rings (SSSR count). The number of anilines is 1. The highest BCUT2D eigenvalue weighted by Gasteiger charge is 2.22. The van der Waals surface area contributed by atoms with Gasteiger partial charge in [-0.1, -0.05) is 12.1 Å². The minimum Gasteiger partial charge on any atom is -0.462 e. The topological polar surface area (TPSA) is 81.7 Å². The number of ether oxygens (including phenoxy) is 2. The van der Waals surface area contributed by atoms with Crippen molar-refractivity contribution in [3.63, 3.8) is 0 Å². The first-order chi connectivity index (χ1) is 13.3. The van der Waals surface area contributed by atoms with Crippen LogP contribution in [0.5, 0.6) is 0 Å². The van der Waals surface area contributed by atoms with E-state index in [1.807, 2.05) is 6.92 Å². The van der Waals surface area contributed by atoms with Crippen molar-refractivity contribution in [3.05, 3.63) is 57.7 Å². The normalized spacial score (nSPS) is 10.7. The molecule has 28 heavy (non-hydrogen) atoms. The van der Waals surface area contributed by atoms with Crippen LogP contribution in [0.1, 0.15) is 33.3 Å². The van der Waals surface area contributed by atoms with Crippen LogP contribution in [0.3, 0.4) is 0 Å². The molecule has 0 aliphatic rings. The van der Waals surface area contributed by atoms with Crippen molar-refractivity contribution < 1.29 is 28.2 Å². The Morgan fingerprint density at radius 3 is 2.46 bits per heavy atom. The van der Waals surface area contributed by atoms with E-state index in [0.717, 1.165) is 16.5 Å². The van der Waals surface area contributed by atoms with Crippen LogP contribution in [0.2, 0.25) is 0 Å². The second kappa shape index (κ2) is 9.80. The molecule has 1 N–H and O–H groups in total. The zero-order valence-electron chi connectivity index (χ0n) is 15.7. The number of hydrogen-bond donors (Lipinski definition) is 1. The molecule has 8 heteroatoms. The van der Waals surface area contributed by atoms with E-state index in [1.54, 1.807) is 13.8 Å². The van der Waals surface area contributed by atoms with Gasteiger partial charge in [0.05, 0.1) is 12.2 Å². The first-order valence-electron chi connectivity index (χ1n) is 8.49. The molecule has 1 aromatic carbocycles. The summed E-state index contributed by atoms with van der Waals surface area (Å²) in [7, 11) is 0. The predicted molar refractivity (Wildman–Crippen MR) is 105 cm³/mol. The average Bonchev–Trinajstić information content (AvgIpc) is 2.93. The Kier molecular flexibility index (Phi) is 7.45. The van der Waals surface area contributed by atoms with E-state index in [-0.39, 0.29) is 12.4 Å². The number of thiophene rings is 1. The van der Waals surface area contributed by atoms with Gasteiger partial charge in [-0.2, -0.15) is 0 Å². The first-order valence-corrected chi connectivity index (χ1v) is 9.30. The largest absolute Gasteiger partial charge is 0.462 e. The van der Waals surface area contributed by atoms with Gasteiger partial charge in [-0.25, -0.2) is 14.0 Å². The molecule has 0 aliphatic carbocycles. The fourth-order valence-electron chi connectivity index (χ4n) is 2.25. The molecule has 0 saturated carbocycles. The monoisotopic (exact) mass is 405 g/mol. The van der Waals surface area contributed by atoms with E-state index < -0.39 is 24.5 Å². The number of esters is 2. The smallest absolute Gasteiger partial charge is 0.341 e. The van der Waals surface area contributed by atoms with Gasteiger partial charge in [0.2, 0.25) is 0 Å². The van der Waals surface area contributed by atoms with Crippen LogP contribution in [0.15, 0.2) is 30.3 Å². The molecule has 0 bridgehead atoms. The van der Waals surface area contributed by atoms with Crippen molar-refractivity contribution >= 4 is 40.3 Å². The number of benzene rings is 1. The molecule has 0 fully saturated rings. The van der Waals surface area contributed by atoms with E-state index in [9.17, 15) is 18.8 Å². The van der Waals surface area contributed by atoms with E-state index >= 15 is 0 Å². The highest BCUT2D eigenvalue weighted by Crippen LogP contribution is 2.33. The molecular weight excluding hydrogens is 385 g/mol. The minimum atomic E-state index is -0.719. The fraction of sp³-hybridized carbons (Fsp3) is 0.250. The zero-order chi connectivity index (χ0) is 20.7. The number of halogens is 1. The van der Waals surface area contributed by atoms with Crippen LogP contribution in [-0.2, 0) is 19.1 Å². The van der Waals surface area contributed by atoms with E-state index in [4.69, 9.17) is 9.47 Å². The average molecular weight is 405 g/mol. The molecule has 0 unspecified atom stereocenters. The molecule has 1 aromatic heterocycles.